The minimum absolute atomic E-state index is 0.0779. The Morgan fingerprint density at radius 1 is 0.525 bits per heavy atom. The number of carbonyl (C=O) groups is 2. The molecule has 9 nitrogen and oxygen atoms in total. The van der Waals surface area contributed by atoms with E-state index < -0.39 is 26.5 Å². The van der Waals surface area contributed by atoms with Gasteiger partial charge in [-0.2, -0.15) is 0 Å². The normalized spacial score (nSPS) is 13.7. The predicted octanol–water partition coefficient (Wildman–Crippen LogP) is 14.4. The lowest BCUT2D eigenvalue weighted by atomic mass is 10.0. The number of phosphoric acid groups is 1. The van der Waals surface area contributed by atoms with Crippen molar-refractivity contribution in [2.45, 2.75) is 225 Å². The molecule has 61 heavy (non-hydrogen) atoms. The van der Waals surface area contributed by atoms with Crippen molar-refractivity contribution in [2.75, 3.05) is 26.4 Å². The number of hydrogen-bond donors (Lipinski definition) is 3. The molecule has 3 N–H and O–H groups in total. The van der Waals surface area contributed by atoms with Crippen LogP contribution in [0.3, 0.4) is 0 Å². The summed E-state index contributed by atoms with van der Waals surface area (Å²) in [5.41, 5.74) is 0. The van der Waals surface area contributed by atoms with Gasteiger partial charge in [-0.1, -0.05) is 209 Å². The molecule has 1 amide bonds. The number of ether oxygens (including phenoxy) is 1. The number of carbonyl (C=O) groups excluding carboxylic acids is 2. The molecule has 2 unspecified atom stereocenters. The number of nitrogens with one attached hydrogen (secondary N) is 1. The van der Waals surface area contributed by atoms with Crippen LogP contribution in [-0.4, -0.2) is 54.3 Å². The van der Waals surface area contributed by atoms with Gasteiger partial charge in [0.1, 0.15) is 12.7 Å². The fourth-order valence-electron chi connectivity index (χ4n) is 6.76. The lowest BCUT2D eigenvalue weighted by Gasteiger charge is -2.15. The first-order valence-corrected chi connectivity index (χ1v) is 26.3. The summed E-state index contributed by atoms with van der Waals surface area (Å²) in [5, 5.41) is 12.7. The van der Waals surface area contributed by atoms with Crippen LogP contribution < -0.4 is 5.32 Å². The van der Waals surface area contributed by atoms with Crippen LogP contribution in [0.4, 0.5) is 0 Å². The third-order valence-electron chi connectivity index (χ3n) is 10.5. The zero-order chi connectivity index (χ0) is 44.6. The molecular formula is C51H92NO8P. The Labute approximate surface area is 374 Å². The van der Waals surface area contributed by atoms with Gasteiger partial charge < -0.3 is 20.1 Å². The minimum atomic E-state index is -4.43. The maximum Gasteiger partial charge on any atom is 0.472 e. The van der Waals surface area contributed by atoms with E-state index in [1.54, 1.807) is 0 Å². The molecule has 0 radical (unpaired) electrons. The van der Waals surface area contributed by atoms with Gasteiger partial charge in [0.05, 0.1) is 13.2 Å². The summed E-state index contributed by atoms with van der Waals surface area (Å²) in [6, 6.07) is 0. The van der Waals surface area contributed by atoms with Crippen molar-refractivity contribution in [1.29, 1.82) is 0 Å². The molecule has 0 rings (SSSR count). The van der Waals surface area contributed by atoms with E-state index in [0.717, 1.165) is 70.6 Å². The van der Waals surface area contributed by atoms with Crippen LogP contribution in [0.2, 0.25) is 0 Å². The monoisotopic (exact) mass is 878 g/mol. The largest absolute Gasteiger partial charge is 0.472 e. The summed E-state index contributed by atoms with van der Waals surface area (Å²) >= 11 is 0. The van der Waals surface area contributed by atoms with Gasteiger partial charge in [-0.25, -0.2) is 4.57 Å². The SMILES string of the molecule is CC/C=C\C/C=C\C/C=C\C/C=C\C/C=C\CCCCCC(=O)OCC(O)COP(=O)(O)OCCNC(=O)CCCCCCCCCCCCCCCCCCCCCCC. The van der Waals surface area contributed by atoms with Crippen LogP contribution in [-0.2, 0) is 27.9 Å². The zero-order valence-electron chi connectivity index (χ0n) is 39.1. The number of amides is 1. The Kier molecular flexibility index (Phi) is 45.4. The molecular weight excluding hydrogens is 786 g/mol. The quantitative estimate of drug-likeness (QED) is 0.0238. The Hall–Kier alpha value is -2.29. The van der Waals surface area contributed by atoms with Crippen molar-refractivity contribution in [3.63, 3.8) is 0 Å². The Morgan fingerprint density at radius 3 is 1.41 bits per heavy atom. The van der Waals surface area contributed by atoms with Gasteiger partial charge in [0.2, 0.25) is 5.91 Å². The third kappa shape index (κ3) is 48.6. The number of esters is 1. The van der Waals surface area contributed by atoms with Crippen LogP contribution in [0.25, 0.3) is 0 Å². The van der Waals surface area contributed by atoms with E-state index in [2.05, 4.69) is 79.9 Å². The summed E-state index contributed by atoms with van der Waals surface area (Å²) in [6.45, 7) is 3.43. The molecule has 0 bridgehead atoms. The highest BCUT2D eigenvalue weighted by molar-refractivity contribution is 7.47. The average molecular weight is 878 g/mol. The van der Waals surface area contributed by atoms with Crippen molar-refractivity contribution in [1.82, 2.24) is 5.32 Å². The number of unbranched alkanes of at least 4 members (excludes halogenated alkanes) is 23. The first kappa shape index (κ1) is 58.7. The molecule has 0 aliphatic carbocycles. The van der Waals surface area contributed by atoms with Crippen molar-refractivity contribution < 1.29 is 37.9 Å². The third-order valence-corrected chi connectivity index (χ3v) is 11.4. The summed E-state index contributed by atoms with van der Waals surface area (Å²) < 4.78 is 26.9. The summed E-state index contributed by atoms with van der Waals surface area (Å²) in [6.07, 6.45) is 57.3. The lowest BCUT2D eigenvalue weighted by Crippen LogP contribution is -2.27. The molecule has 0 aliphatic heterocycles. The molecule has 0 heterocycles. The smallest absolute Gasteiger partial charge is 0.463 e. The first-order valence-electron chi connectivity index (χ1n) is 24.8. The van der Waals surface area contributed by atoms with E-state index in [4.69, 9.17) is 13.8 Å². The van der Waals surface area contributed by atoms with Gasteiger partial charge in [0.15, 0.2) is 0 Å². The number of rotatable bonds is 46. The maximum atomic E-state index is 12.1. The number of aliphatic hydroxyl groups excluding tert-OH is 1. The maximum absolute atomic E-state index is 12.1. The van der Waals surface area contributed by atoms with Gasteiger partial charge in [-0.15, -0.1) is 0 Å². The van der Waals surface area contributed by atoms with E-state index in [0.29, 0.717) is 12.8 Å². The molecule has 0 aliphatic rings. The number of hydrogen-bond acceptors (Lipinski definition) is 7. The second kappa shape index (κ2) is 47.2. The molecule has 10 heteroatoms. The van der Waals surface area contributed by atoms with Crippen molar-refractivity contribution in [3.05, 3.63) is 60.8 Å². The van der Waals surface area contributed by atoms with Crippen LogP contribution in [0.5, 0.6) is 0 Å². The molecule has 0 saturated carbocycles. The van der Waals surface area contributed by atoms with Gasteiger partial charge >= 0.3 is 13.8 Å². The summed E-state index contributed by atoms with van der Waals surface area (Å²) in [4.78, 5) is 34.0. The van der Waals surface area contributed by atoms with Gasteiger partial charge in [0, 0.05) is 19.4 Å². The molecule has 0 saturated heterocycles. The Balaban J connectivity index is 3.60. The first-order chi connectivity index (χ1) is 29.8. The van der Waals surface area contributed by atoms with E-state index in [-0.39, 0.29) is 32.1 Å². The van der Waals surface area contributed by atoms with Gasteiger partial charge in [0.25, 0.3) is 0 Å². The highest BCUT2D eigenvalue weighted by atomic mass is 31.2. The van der Waals surface area contributed by atoms with Crippen LogP contribution >= 0.6 is 7.82 Å². The van der Waals surface area contributed by atoms with Crippen LogP contribution in [0.15, 0.2) is 60.8 Å². The van der Waals surface area contributed by atoms with Crippen LogP contribution in [0.1, 0.15) is 219 Å². The molecule has 0 spiro atoms. The molecule has 0 fully saturated rings. The number of phosphoric ester groups is 1. The average Bonchev–Trinajstić information content (AvgIpc) is 3.25. The van der Waals surface area contributed by atoms with E-state index in [1.807, 2.05) is 0 Å². The Bertz CT molecular complexity index is 1180. The molecule has 354 valence electrons. The lowest BCUT2D eigenvalue weighted by molar-refractivity contribution is -0.147. The predicted molar refractivity (Wildman–Crippen MR) is 256 cm³/mol. The molecule has 0 aromatic heterocycles. The highest BCUT2D eigenvalue weighted by Crippen LogP contribution is 2.42. The zero-order valence-corrected chi connectivity index (χ0v) is 40.0. The van der Waals surface area contributed by atoms with E-state index in [9.17, 15) is 24.2 Å². The fourth-order valence-corrected chi connectivity index (χ4v) is 7.52. The highest BCUT2D eigenvalue weighted by Gasteiger charge is 2.23. The van der Waals surface area contributed by atoms with Gasteiger partial charge in [-0.3, -0.25) is 18.6 Å². The van der Waals surface area contributed by atoms with E-state index in [1.165, 1.54) is 116 Å². The number of allylic oxidation sites excluding steroid dienone is 10. The van der Waals surface area contributed by atoms with Crippen molar-refractivity contribution in [2.24, 2.45) is 0 Å². The molecule has 2 atom stereocenters. The standard InChI is InChI=1S/C51H92NO8P/c1-3-5-7-9-11-13-15-17-19-21-23-24-26-27-29-31-33-35-37-39-41-43-50(54)52-45-46-59-61(56,57)60-48-49(53)47-58-51(55)44-42-40-38-36-34-32-30-28-25-22-20-18-16-14-12-10-8-6-4-2/h6,8,12,14,18,20,25,28,32,34,49,53H,3-5,7,9-11,13,15-17,19,21-24,26-27,29-31,33,35-48H2,1-2H3,(H,52,54)(H,56,57)/b8-6-,14-12-,20-18-,28-25-,34-32-. The van der Waals surface area contributed by atoms with E-state index >= 15 is 0 Å². The minimum Gasteiger partial charge on any atom is -0.463 e. The van der Waals surface area contributed by atoms with Crippen LogP contribution in [0, 0.1) is 0 Å². The fraction of sp³-hybridized carbons (Fsp3) is 0.765. The van der Waals surface area contributed by atoms with Crippen molar-refractivity contribution in [3.8, 4) is 0 Å². The summed E-state index contributed by atoms with van der Waals surface area (Å²) in [7, 11) is -4.43. The van der Waals surface area contributed by atoms with Crippen molar-refractivity contribution >= 4 is 19.7 Å². The second-order valence-electron chi connectivity index (χ2n) is 16.4. The molecule has 0 aromatic rings. The summed E-state index contributed by atoms with van der Waals surface area (Å²) in [5.74, 6) is -0.545. The molecule has 0 aromatic carbocycles. The Morgan fingerprint density at radius 2 is 0.934 bits per heavy atom. The number of aliphatic hydroxyl groups is 1. The van der Waals surface area contributed by atoms with Gasteiger partial charge in [-0.05, 0) is 57.8 Å². The topological polar surface area (TPSA) is 131 Å². The second-order valence-corrected chi connectivity index (χ2v) is 17.9.